The van der Waals surface area contributed by atoms with Crippen molar-refractivity contribution < 1.29 is 13.9 Å². The summed E-state index contributed by atoms with van der Waals surface area (Å²) in [5.41, 5.74) is 1.92. The van der Waals surface area contributed by atoms with Gasteiger partial charge in [-0.15, -0.1) is 0 Å². The molecule has 0 radical (unpaired) electrons. The number of amides is 1. The number of nitrogens with zero attached hydrogens (tertiary/aromatic N) is 3. The summed E-state index contributed by atoms with van der Waals surface area (Å²) in [7, 11) is 0. The standard InChI is InChI=1S/C23H18FN5O2/c24-18-5-3-14(4-6-18)23(30)29-21-8-17-7-15(1-2-16(17)9-27-21)20-12-26-13-22(28-20)31-19-10-25-11-19/h1-9,12-13,19,25H,10-11H2,(H,27,29,30). The number of rotatable bonds is 5. The van der Waals surface area contributed by atoms with Gasteiger partial charge in [-0.25, -0.2) is 14.4 Å². The topological polar surface area (TPSA) is 89.0 Å². The summed E-state index contributed by atoms with van der Waals surface area (Å²) in [5.74, 6) is 0.143. The van der Waals surface area contributed by atoms with Gasteiger partial charge in [0.1, 0.15) is 17.7 Å². The summed E-state index contributed by atoms with van der Waals surface area (Å²) in [6, 6.07) is 13.0. The van der Waals surface area contributed by atoms with E-state index >= 15 is 0 Å². The molecule has 2 aromatic carbocycles. The van der Waals surface area contributed by atoms with Gasteiger partial charge in [0, 0.05) is 35.8 Å². The van der Waals surface area contributed by atoms with Crippen LogP contribution >= 0.6 is 0 Å². The predicted octanol–water partition coefficient (Wildman–Crippen LogP) is 3.43. The Hall–Kier alpha value is -3.91. The zero-order chi connectivity index (χ0) is 21.2. The van der Waals surface area contributed by atoms with Crippen LogP contribution in [-0.2, 0) is 0 Å². The van der Waals surface area contributed by atoms with Crippen LogP contribution in [-0.4, -0.2) is 40.1 Å². The molecule has 3 heterocycles. The first-order valence-corrected chi connectivity index (χ1v) is 9.80. The fourth-order valence-electron chi connectivity index (χ4n) is 3.22. The van der Waals surface area contributed by atoms with Gasteiger partial charge in [0.25, 0.3) is 5.91 Å². The van der Waals surface area contributed by atoms with E-state index < -0.39 is 5.82 Å². The van der Waals surface area contributed by atoms with E-state index in [1.54, 1.807) is 24.7 Å². The number of aromatic nitrogens is 3. The number of pyridine rings is 1. The van der Waals surface area contributed by atoms with Crippen molar-refractivity contribution in [2.45, 2.75) is 6.10 Å². The Morgan fingerprint density at radius 3 is 2.65 bits per heavy atom. The molecule has 1 fully saturated rings. The van der Waals surface area contributed by atoms with Crippen LogP contribution in [0.1, 0.15) is 10.4 Å². The molecule has 31 heavy (non-hydrogen) atoms. The minimum absolute atomic E-state index is 0.125. The number of anilines is 1. The third-order valence-electron chi connectivity index (χ3n) is 5.01. The van der Waals surface area contributed by atoms with E-state index in [9.17, 15) is 9.18 Å². The number of ether oxygens (including phenoxy) is 1. The number of hydrogen-bond acceptors (Lipinski definition) is 6. The van der Waals surface area contributed by atoms with Crippen molar-refractivity contribution in [1.82, 2.24) is 20.3 Å². The zero-order valence-corrected chi connectivity index (χ0v) is 16.4. The largest absolute Gasteiger partial charge is 0.471 e. The lowest BCUT2D eigenvalue weighted by atomic mass is 10.1. The molecule has 2 aromatic heterocycles. The van der Waals surface area contributed by atoms with Crippen LogP contribution < -0.4 is 15.4 Å². The van der Waals surface area contributed by atoms with Gasteiger partial charge >= 0.3 is 0 Å². The lowest BCUT2D eigenvalue weighted by Gasteiger charge is -2.27. The SMILES string of the molecule is O=C(Nc1cc2cc(-c3cncc(OC4CNC4)n3)ccc2cn1)c1ccc(F)cc1. The van der Waals surface area contributed by atoms with Crippen molar-refractivity contribution in [3.63, 3.8) is 0 Å². The molecule has 0 bridgehead atoms. The molecule has 0 spiro atoms. The van der Waals surface area contributed by atoms with Crippen molar-refractivity contribution in [2.75, 3.05) is 18.4 Å². The average Bonchev–Trinajstić information content (AvgIpc) is 2.76. The normalized spacial score (nSPS) is 13.6. The van der Waals surface area contributed by atoms with E-state index in [2.05, 4.69) is 25.6 Å². The number of hydrogen-bond donors (Lipinski definition) is 2. The number of carbonyl (C=O) groups is 1. The first-order chi connectivity index (χ1) is 15.1. The molecule has 4 aromatic rings. The van der Waals surface area contributed by atoms with Crippen LogP contribution in [0.2, 0.25) is 0 Å². The molecular weight excluding hydrogens is 397 g/mol. The first-order valence-electron chi connectivity index (χ1n) is 9.80. The molecule has 1 aliphatic heterocycles. The Morgan fingerprint density at radius 2 is 1.87 bits per heavy atom. The molecule has 1 aliphatic rings. The second-order valence-corrected chi connectivity index (χ2v) is 7.23. The summed E-state index contributed by atoms with van der Waals surface area (Å²) < 4.78 is 18.9. The summed E-state index contributed by atoms with van der Waals surface area (Å²) in [6.07, 6.45) is 5.11. The molecule has 8 heteroatoms. The summed E-state index contributed by atoms with van der Waals surface area (Å²) in [5, 5.41) is 7.71. The van der Waals surface area contributed by atoms with Crippen molar-refractivity contribution in [3.8, 4) is 17.1 Å². The van der Waals surface area contributed by atoms with Crippen molar-refractivity contribution in [1.29, 1.82) is 0 Å². The van der Waals surface area contributed by atoms with Crippen LogP contribution in [0.3, 0.4) is 0 Å². The third-order valence-corrected chi connectivity index (χ3v) is 5.01. The molecule has 7 nitrogen and oxygen atoms in total. The average molecular weight is 415 g/mol. The number of halogens is 1. The molecule has 154 valence electrons. The molecule has 0 atom stereocenters. The van der Waals surface area contributed by atoms with Gasteiger partial charge in [0.05, 0.1) is 18.1 Å². The third kappa shape index (κ3) is 4.19. The number of fused-ring (bicyclic) bond motifs is 1. The predicted molar refractivity (Wildman–Crippen MR) is 114 cm³/mol. The van der Waals surface area contributed by atoms with Crippen LogP contribution in [0.5, 0.6) is 5.88 Å². The van der Waals surface area contributed by atoms with Crippen molar-refractivity contribution in [3.05, 3.63) is 78.5 Å². The van der Waals surface area contributed by atoms with Gasteiger partial charge in [-0.2, -0.15) is 0 Å². The maximum absolute atomic E-state index is 13.1. The zero-order valence-electron chi connectivity index (χ0n) is 16.4. The van der Waals surface area contributed by atoms with Crippen LogP contribution in [0.25, 0.3) is 22.0 Å². The fourth-order valence-corrected chi connectivity index (χ4v) is 3.22. The minimum Gasteiger partial charge on any atom is -0.471 e. The molecule has 1 amide bonds. The second kappa shape index (κ2) is 8.08. The van der Waals surface area contributed by atoms with Crippen molar-refractivity contribution >= 4 is 22.5 Å². The van der Waals surface area contributed by atoms with E-state index in [0.29, 0.717) is 23.0 Å². The van der Waals surface area contributed by atoms with Gasteiger partial charge in [-0.3, -0.25) is 9.78 Å². The molecule has 2 N–H and O–H groups in total. The highest BCUT2D eigenvalue weighted by Gasteiger charge is 2.19. The summed E-state index contributed by atoms with van der Waals surface area (Å²) in [6.45, 7) is 1.61. The van der Waals surface area contributed by atoms with E-state index in [1.807, 2.05) is 18.2 Å². The highest BCUT2D eigenvalue weighted by Crippen LogP contribution is 2.25. The Bertz CT molecular complexity index is 1260. The van der Waals surface area contributed by atoms with Crippen LogP contribution in [0, 0.1) is 5.82 Å². The number of carbonyl (C=O) groups excluding carboxylic acids is 1. The smallest absolute Gasteiger partial charge is 0.256 e. The van der Waals surface area contributed by atoms with Gasteiger partial charge < -0.3 is 15.4 Å². The van der Waals surface area contributed by atoms with E-state index in [0.717, 1.165) is 29.4 Å². The van der Waals surface area contributed by atoms with E-state index in [1.165, 1.54) is 24.3 Å². The first kappa shape index (κ1) is 19.1. The second-order valence-electron chi connectivity index (χ2n) is 7.23. The van der Waals surface area contributed by atoms with Crippen molar-refractivity contribution in [2.24, 2.45) is 0 Å². The molecular formula is C23H18FN5O2. The van der Waals surface area contributed by atoms with Crippen LogP contribution in [0.4, 0.5) is 10.2 Å². The molecule has 0 aliphatic carbocycles. The Morgan fingerprint density at radius 1 is 1.03 bits per heavy atom. The molecule has 0 unspecified atom stereocenters. The van der Waals surface area contributed by atoms with Gasteiger partial charge in [0.15, 0.2) is 0 Å². The van der Waals surface area contributed by atoms with Gasteiger partial charge in [-0.1, -0.05) is 12.1 Å². The Kier molecular flexibility index (Phi) is 4.97. The fraction of sp³-hybridized carbons (Fsp3) is 0.130. The highest BCUT2D eigenvalue weighted by atomic mass is 19.1. The Balaban J connectivity index is 1.39. The van der Waals surface area contributed by atoms with E-state index in [-0.39, 0.29) is 12.0 Å². The molecule has 5 rings (SSSR count). The monoisotopic (exact) mass is 415 g/mol. The number of nitrogens with one attached hydrogen (secondary N) is 2. The molecule has 1 saturated heterocycles. The lowest BCUT2D eigenvalue weighted by molar-refractivity contribution is 0.102. The maximum Gasteiger partial charge on any atom is 0.256 e. The van der Waals surface area contributed by atoms with Gasteiger partial charge in [-0.05, 0) is 41.8 Å². The quantitative estimate of drug-likeness (QED) is 0.519. The summed E-state index contributed by atoms with van der Waals surface area (Å²) >= 11 is 0. The van der Waals surface area contributed by atoms with E-state index in [4.69, 9.17) is 4.74 Å². The lowest BCUT2D eigenvalue weighted by Crippen LogP contribution is -2.50. The van der Waals surface area contributed by atoms with Crippen LogP contribution in [0.15, 0.2) is 67.1 Å². The summed E-state index contributed by atoms with van der Waals surface area (Å²) in [4.78, 5) is 25.5. The highest BCUT2D eigenvalue weighted by molar-refractivity contribution is 6.04. The molecule has 0 saturated carbocycles. The Labute approximate surface area is 177 Å². The number of benzene rings is 2. The van der Waals surface area contributed by atoms with Gasteiger partial charge in [0.2, 0.25) is 5.88 Å². The minimum atomic E-state index is -0.394. The maximum atomic E-state index is 13.1.